The first-order valence-corrected chi connectivity index (χ1v) is 9.02. The van der Waals surface area contributed by atoms with Crippen LogP contribution in [-0.2, 0) is 14.0 Å². The minimum Gasteiger partial charge on any atom is -0.405 e. The van der Waals surface area contributed by atoms with Crippen LogP contribution >= 0.6 is 0 Å². The molecule has 0 aliphatic carbocycles. The fourth-order valence-corrected chi connectivity index (χ4v) is 2.99. The summed E-state index contributed by atoms with van der Waals surface area (Å²) in [5.41, 5.74) is -1.12. The highest BCUT2D eigenvalue weighted by molar-refractivity contribution is 6.62. The molecular formula is C18H23BF3NO5. The summed E-state index contributed by atoms with van der Waals surface area (Å²) in [6.45, 7) is 8.67. The molecule has 0 spiro atoms. The molecule has 0 unspecified atom stereocenters. The van der Waals surface area contributed by atoms with E-state index in [4.69, 9.17) is 14.0 Å². The van der Waals surface area contributed by atoms with Gasteiger partial charge in [-0.1, -0.05) is 6.07 Å². The van der Waals surface area contributed by atoms with Crippen molar-refractivity contribution in [3.63, 3.8) is 0 Å². The Balaban J connectivity index is 1.93. The quantitative estimate of drug-likeness (QED) is 0.728. The Hall–Kier alpha value is -1.78. The second-order valence-electron chi connectivity index (χ2n) is 7.80. The van der Waals surface area contributed by atoms with E-state index in [1.165, 1.54) is 17.0 Å². The third-order valence-corrected chi connectivity index (χ3v) is 5.29. The molecule has 2 aliphatic heterocycles. The van der Waals surface area contributed by atoms with Crippen LogP contribution in [0.15, 0.2) is 18.2 Å². The number of hydrogen-bond acceptors (Lipinski definition) is 5. The van der Waals surface area contributed by atoms with Gasteiger partial charge in [-0.25, -0.2) is 0 Å². The van der Waals surface area contributed by atoms with Gasteiger partial charge in [0, 0.05) is 13.1 Å². The third-order valence-electron chi connectivity index (χ3n) is 5.29. The molecule has 6 nitrogen and oxygen atoms in total. The first-order valence-electron chi connectivity index (χ1n) is 9.02. The minimum absolute atomic E-state index is 0.167. The minimum atomic E-state index is -4.94. The summed E-state index contributed by atoms with van der Waals surface area (Å²) in [6.07, 6.45) is -4.94. The van der Waals surface area contributed by atoms with Crippen LogP contribution in [0.1, 0.15) is 38.1 Å². The van der Waals surface area contributed by atoms with E-state index >= 15 is 0 Å². The smallest absolute Gasteiger partial charge is 0.405 e. The van der Waals surface area contributed by atoms with Crippen molar-refractivity contribution in [2.45, 2.75) is 45.3 Å². The maximum Gasteiger partial charge on any atom is 0.573 e. The number of hydrogen-bond donors (Lipinski definition) is 0. The fraction of sp³-hybridized carbons (Fsp3) is 0.611. The van der Waals surface area contributed by atoms with E-state index in [0.717, 1.165) is 6.07 Å². The average molecular weight is 401 g/mol. The number of nitrogens with zero attached hydrogens (tertiary/aromatic N) is 1. The number of morpholine rings is 1. The summed E-state index contributed by atoms with van der Waals surface area (Å²) in [6, 6.07) is 4.00. The summed E-state index contributed by atoms with van der Waals surface area (Å²) in [4.78, 5) is 14.1. The molecule has 28 heavy (non-hydrogen) atoms. The number of ether oxygens (including phenoxy) is 2. The molecule has 10 heteroatoms. The van der Waals surface area contributed by atoms with Gasteiger partial charge in [-0.15, -0.1) is 13.2 Å². The van der Waals surface area contributed by atoms with Gasteiger partial charge in [0.05, 0.1) is 30.0 Å². The number of rotatable bonds is 3. The van der Waals surface area contributed by atoms with Crippen LogP contribution in [0, 0.1) is 0 Å². The molecule has 0 N–H and O–H groups in total. The molecule has 154 valence electrons. The molecule has 1 aromatic carbocycles. The van der Waals surface area contributed by atoms with Crippen LogP contribution in [-0.4, -0.2) is 61.8 Å². The molecule has 0 saturated carbocycles. The van der Waals surface area contributed by atoms with Crippen molar-refractivity contribution in [2.24, 2.45) is 0 Å². The lowest BCUT2D eigenvalue weighted by molar-refractivity contribution is -0.274. The van der Waals surface area contributed by atoms with E-state index in [0.29, 0.717) is 31.8 Å². The zero-order chi connectivity index (χ0) is 20.7. The van der Waals surface area contributed by atoms with E-state index < -0.39 is 36.3 Å². The van der Waals surface area contributed by atoms with Crippen molar-refractivity contribution >= 4 is 18.5 Å². The Kier molecular flexibility index (Phi) is 5.41. The van der Waals surface area contributed by atoms with Crippen LogP contribution in [0.4, 0.5) is 13.2 Å². The van der Waals surface area contributed by atoms with Crippen molar-refractivity contribution in [3.05, 3.63) is 23.8 Å². The van der Waals surface area contributed by atoms with Crippen molar-refractivity contribution in [1.82, 2.24) is 4.90 Å². The van der Waals surface area contributed by atoms with Gasteiger partial charge >= 0.3 is 13.5 Å². The summed E-state index contributed by atoms with van der Waals surface area (Å²) in [7, 11) is -0.867. The molecule has 2 saturated heterocycles. The maximum absolute atomic E-state index is 13.0. The van der Waals surface area contributed by atoms with Crippen LogP contribution in [0.25, 0.3) is 0 Å². The Morgan fingerprint density at radius 3 is 2.21 bits per heavy atom. The molecule has 0 radical (unpaired) electrons. The van der Waals surface area contributed by atoms with Crippen molar-refractivity contribution in [3.8, 4) is 5.75 Å². The Morgan fingerprint density at radius 2 is 1.68 bits per heavy atom. The van der Waals surface area contributed by atoms with Crippen molar-refractivity contribution in [2.75, 3.05) is 26.3 Å². The molecule has 2 fully saturated rings. The number of halogens is 3. The topological polar surface area (TPSA) is 57.2 Å². The largest absolute Gasteiger partial charge is 0.573 e. The number of alkyl halides is 3. The number of benzene rings is 1. The SMILES string of the molecule is CC1(C)OB(c2ccc(C(=O)N3CCOCC3)c(OC(F)(F)F)c2)OC1(C)C. The summed E-state index contributed by atoms with van der Waals surface area (Å²) >= 11 is 0. The first kappa shape index (κ1) is 20.9. The number of amides is 1. The monoisotopic (exact) mass is 401 g/mol. The molecule has 0 bridgehead atoms. The average Bonchev–Trinajstić information content (AvgIpc) is 2.81. The standard InChI is InChI=1S/C18H23BF3NO5/c1-16(2)17(3,4)28-19(27-16)12-5-6-13(14(11-12)26-18(20,21)22)15(24)23-7-9-25-10-8-23/h5-6,11H,7-10H2,1-4H3. The number of carbonyl (C=O) groups is 1. The van der Waals surface area contributed by atoms with Crippen molar-refractivity contribution < 1.29 is 36.7 Å². The van der Waals surface area contributed by atoms with E-state index in [2.05, 4.69) is 4.74 Å². The second-order valence-corrected chi connectivity index (χ2v) is 7.80. The highest BCUT2D eigenvalue weighted by Crippen LogP contribution is 2.37. The van der Waals surface area contributed by atoms with E-state index in [1.807, 2.05) is 27.7 Å². The first-order chi connectivity index (χ1) is 12.9. The molecule has 0 aromatic heterocycles. The van der Waals surface area contributed by atoms with Gasteiger partial charge in [0.2, 0.25) is 0 Å². The Labute approximate surface area is 162 Å². The summed E-state index contributed by atoms with van der Waals surface area (Å²) in [5.74, 6) is -1.11. The van der Waals surface area contributed by atoms with Crippen LogP contribution in [0.3, 0.4) is 0 Å². The zero-order valence-corrected chi connectivity index (χ0v) is 16.3. The summed E-state index contributed by atoms with van der Waals surface area (Å²) in [5, 5.41) is 0. The molecule has 1 aromatic rings. The lowest BCUT2D eigenvalue weighted by atomic mass is 9.78. The molecule has 3 rings (SSSR count). The van der Waals surface area contributed by atoms with Gasteiger partial charge in [-0.3, -0.25) is 4.79 Å². The molecule has 2 aliphatic rings. The van der Waals surface area contributed by atoms with Gasteiger partial charge < -0.3 is 23.7 Å². The van der Waals surface area contributed by atoms with Gasteiger partial charge in [0.1, 0.15) is 5.75 Å². The highest BCUT2D eigenvalue weighted by Gasteiger charge is 2.52. The lowest BCUT2D eigenvalue weighted by Crippen LogP contribution is -2.41. The van der Waals surface area contributed by atoms with Gasteiger partial charge in [-0.2, -0.15) is 0 Å². The lowest BCUT2D eigenvalue weighted by Gasteiger charge is -2.32. The fourth-order valence-electron chi connectivity index (χ4n) is 2.99. The molecule has 0 atom stereocenters. The van der Waals surface area contributed by atoms with Crippen LogP contribution < -0.4 is 10.2 Å². The maximum atomic E-state index is 13.0. The zero-order valence-electron chi connectivity index (χ0n) is 16.3. The van der Waals surface area contributed by atoms with Crippen molar-refractivity contribution in [1.29, 1.82) is 0 Å². The predicted molar refractivity (Wildman–Crippen MR) is 95.6 cm³/mol. The van der Waals surface area contributed by atoms with Gasteiger partial charge in [0.15, 0.2) is 0 Å². The van der Waals surface area contributed by atoms with Crippen LogP contribution in [0.5, 0.6) is 5.75 Å². The molecule has 1 amide bonds. The summed E-state index contributed by atoms with van der Waals surface area (Å²) < 4.78 is 60.0. The van der Waals surface area contributed by atoms with E-state index in [9.17, 15) is 18.0 Å². The second kappa shape index (κ2) is 7.24. The van der Waals surface area contributed by atoms with E-state index in [-0.39, 0.29) is 5.56 Å². The van der Waals surface area contributed by atoms with Gasteiger partial charge in [0.25, 0.3) is 5.91 Å². The normalized spacial score (nSPS) is 21.7. The van der Waals surface area contributed by atoms with E-state index in [1.54, 1.807) is 0 Å². The number of carbonyl (C=O) groups excluding carboxylic acids is 1. The highest BCUT2D eigenvalue weighted by atomic mass is 19.4. The Bertz CT molecular complexity index is 731. The molecule has 2 heterocycles. The van der Waals surface area contributed by atoms with Gasteiger partial charge in [-0.05, 0) is 45.3 Å². The van der Waals surface area contributed by atoms with Crippen LogP contribution in [0.2, 0.25) is 0 Å². The molecular weight excluding hydrogens is 378 g/mol. The predicted octanol–water partition coefficient (Wildman–Crippen LogP) is 2.36. The Morgan fingerprint density at radius 1 is 1.11 bits per heavy atom. The third kappa shape index (κ3) is 4.28.